The number of carbonyl (C=O) groups excluding carboxylic acids is 1. The highest BCUT2D eigenvalue weighted by Crippen LogP contribution is 2.37. The fraction of sp³-hybridized carbons (Fsp3) is 0.286. The number of phenolic OH excluding ortho intramolecular Hbond substituents is 1. The molecular weight excluding hydrogens is 419 g/mol. The van der Waals surface area contributed by atoms with Gasteiger partial charge in [0.2, 0.25) is 0 Å². The number of allylic oxidation sites excluding steroid dienone is 1. The van der Waals surface area contributed by atoms with Crippen molar-refractivity contribution in [1.82, 2.24) is 10.6 Å². The molecule has 0 radical (unpaired) electrons. The molecule has 1 aromatic carbocycles. The van der Waals surface area contributed by atoms with Gasteiger partial charge < -0.3 is 25.2 Å². The fourth-order valence-corrected chi connectivity index (χ4v) is 3.14. The van der Waals surface area contributed by atoms with Crippen LogP contribution in [0.25, 0.3) is 0 Å². The number of phenols is 1. The Hall–Kier alpha value is -1.55. The van der Waals surface area contributed by atoms with E-state index in [1.165, 1.54) is 14.2 Å². The summed E-state index contributed by atoms with van der Waals surface area (Å²) in [6.45, 7) is 1.76. The highest BCUT2D eigenvalue weighted by atomic mass is 127. The van der Waals surface area contributed by atoms with Crippen molar-refractivity contribution in [3.63, 3.8) is 0 Å². The number of esters is 1. The minimum absolute atomic E-state index is 0.0590. The Balaban J connectivity index is 2.58. The van der Waals surface area contributed by atoms with E-state index in [-0.39, 0.29) is 5.75 Å². The molecule has 0 saturated heterocycles. The average molecular weight is 434 g/mol. The van der Waals surface area contributed by atoms with Crippen LogP contribution in [-0.4, -0.2) is 30.4 Å². The van der Waals surface area contributed by atoms with E-state index in [4.69, 9.17) is 21.7 Å². The zero-order chi connectivity index (χ0) is 16.4. The summed E-state index contributed by atoms with van der Waals surface area (Å²) in [5.74, 6) is -0.0641. The molecule has 1 atom stereocenters. The number of hydrogen-bond acceptors (Lipinski definition) is 5. The van der Waals surface area contributed by atoms with E-state index in [0.29, 0.717) is 25.7 Å². The maximum Gasteiger partial charge on any atom is 0.337 e. The molecule has 0 aliphatic carbocycles. The Kier molecular flexibility index (Phi) is 5.12. The molecule has 0 fully saturated rings. The maximum atomic E-state index is 12.1. The van der Waals surface area contributed by atoms with Gasteiger partial charge in [0.25, 0.3) is 0 Å². The lowest BCUT2D eigenvalue weighted by atomic mass is 9.95. The van der Waals surface area contributed by atoms with Crippen LogP contribution in [0.15, 0.2) is 23.4 Å². The SMILES string of the molecule is COC(=O)C1=C(C)NC(=S)NC1c1cc(I)c(O)c(OC)c1. The van der Waals surface area contributed by atoms with Gasteiger partial charge in [-0.25, -0.2) is 4.79 Å². The molecule has 1 aliphatic heterocycles. The van der Waals surface area contributed by atoms with Gasteiger partial charge in [0, 0.05) is 5.70 Å². The molecule has 2 rings (SSSR count). The third-order valence-electron chi connectivity index (χ3n) is 3.28. The molecule has 118 valence electrons. The van der Waals surface area contributed by atoms with Crippen LogP contribution in [0, 0.1) is 3.57 Å². The highest BCUT2D eigenvalue weighted by Gasteiger charge is 2.31. The molecule has 6 nitrogen and oxygen atoms in total. The first-order chi connectivity index (χ1) is 10.4. The zero-order valence-corrected chi connectivity index (χ0v) is 15.2. The molecule has 22 heavy (non-hydrogen) atoms. The van der Waals surface area contributed by atoms with Gasteiger partial charge in [-0.05, 0) is 59.4 Å². The minimum atomic E-state index is -0.482. The second-order valence-electron chi connectivity index (χ2n) is 4.62. The van der Waals surface area contributed by atoms with Crippen molar-refractivity contribution >= 4 is 45.9 Å². The highest BCUT2D eigenvalue weighted by molar-refractivity contribution is 14.1. The summed E-state index contributed by atoms with van der Waals surface area (Å²) in [6, 6.07) is 2.95. The molecule has 1 aliphatic rings. The van der Waals surface area contributed by atoms with Crippen molar-refractivity contribution in [2.75, 3.05) is 14.2 Å². The van der Waals surface area contributed by atoms with Gasteiger partial charge in [-0.3, -0.25) is 0 Å². The van der Waals surface area contributed by atoms with Gasteiger partial charge in [0.1, 0.15) is 0 Å². The molecule has 1 unspecified atom stereocenters. The third-order valence-corrected chi connectivity index (χ3v) is 4.32. The Labute approximate surface area is 147 Å². The van der Waals surface area contributed by atoms with Gasteiger partial charge in [-0.15, -0.1) is 0 Å². The summed E-state index contributed by atoms with van der Waals surface area (Å²) in [6.07, 6.45) is 0. The maximum absolute atomic E-state index is 12.1. The van der Waals surface area contributed by atoms with Crippen molar-refractivity contribution < 1.29 is 19.4 Å². The van der Waals surface area contributed by atoms with Crippen LogP contribution < -0.4 is 15.4 Å². The summed E-state index contributed by atoms with van der Waals surface area (Å²) in [5, 5.41) is 16.3. The second-order valence-corrected chi connectivity index (χ2v) is 6.19. The lowest BCUT2D eigenvalue weighted by molar-refractivity contribution is -0.136. The van der Waals surface area contributed by atoms with Crippen LogP contribution in [0.3, 0.4) is 0 Å². The number of nitrogens with one attached hydrogen (secondary N) is 2. The molecule has 1 heterocycles. The molecule has 8 heteroatoms. The van der Waals surface area contributed by atoms with E-state index in [0.717, 1.165) is 5.56 Å². The van der Waals surface area contributed by atoms with Gasteiger partial charge in [0.15, 0.2) is 16.6 Å². The van der Waals surface area contributed by atoms with E-state index >= 15 is 0 Å². The average Bonchev–Trinajstić information content (AvgIpc) is 2.48. The Bertz CT molecular complexity index is 675. The van der Waals surface area contributed by atoms with Gasteiger partial charge >= 0.3 is 5.97 Å². The number of hydrogen-bond donors (Lipinski definition) is 3. The fourth-order valence-electron chi connectivity index (χ4n) is 2.24. The molecule has 0 amide bonds. The normalized spacial score (nSPS) is 17.6. The van der Waals surface area contributed by atoms with Gasteiger partial charge in [-0.2, -0.15) is 0 Å². The van der Waals surface area contributed by atoms with Crippen molar-refractivity contribution in [3.05, 3.63) is 32.5 Å². The third kappa shape index (κ3) is 3.12. The zero-order valence-electron chi connectivity index (χ0n) is 12.2. The molecule has 1 aromatic rings. The Morgan fingerprint density at radius 2 is 2.09 bits per heavy atom. The van der Waals surface area contributed by atoms with Crippen LogP contribution in [0.4, 0.5) is 0 Å². The molecule has 0 spiro atoms. The van der Waals surface area contributed by atoms with E-state index in [2.05, 4.69) is 10.6 Å². The Morgan fingerprint density at radius 1 is 1.41 bits per heavy atom. The number of rotatable bonds is 3. The van der Waals surface area contributed by atoms with Crippen molar-refractivity contribution in [2.45, 2.75) is 13.0 Å². The van der Waals surface area contributed by atoms with Crippen molar-refractivity contribution in [2.24, 2.45) is 0 Å². The predicted octanol–water partition coefficient (Wildman–Crippen LogP) is 1.97. The van der Waals surface area contributed by atoms with Gasteiger partial charge in [0.05, 0.1) is 29.4 Å². The number of halogens is 1. The standard InChI is InChI=1S/C14H15IN2O4S/c1-6-10(13(19)21-3)11(17-14(22)16-6)7-4-8(15)12(18)9(5-7)20-2/h4-5,11,18H,1-3H3,(H2,16,17,22). The van der Waals surface area contributed by atoms with Crippen LogP contribution in [0.2, 0.25) is 0 Å². The minimum Gasteiger partial charge on any atom is -0.504 e. The topological polar surface area (TPSA) is 79.8 Å². The first-order valence-electron chi connectivity index (χ1n) is 6.32. The number of benzene rings is 1. The first kappa shape index (κ1) is 16.8. The van der Waals surface area contributed by atoms with Crippen molar-refractivity contribution in [1.29, 1.82) is 0 Å². The summed E-state index contributed by atoms with van der Waals surface area (Å²) >= 11 is 7.17. The number of aromatic hydroxyl groups is 1. The quantitative estimate of drug-likeness (QED) is 0.382. The molecule has 3 N–H and O–H groups in total. The molecule has 0 bridgehead atoms. The molecule has 0 aromatic heterocycles. The van der Waals surface area contributed by atoms with E-state index in [1.807, 2.05) is 22.6 Å². The molecular formula is C14H15IN2O4S. The summed E-state index contributed by atoms with van der Waals surface area (Å²) in [4.78, 5) is 12.1. The van der Waals surface area contributed by atoms with Gasteiger partial charge in [-0.1, -0.05) is 0 Å². The second kappa shape index (κ2) is 6.69. The largest absolute Gasteiger partial charge is 0.504 e. The van der Waals surface area contributed by atoms with Crippen LogP contribution in [-0.2, 0) is 9.53 Å². The monoisotopic (exact) mass is 434 g/mol. The lowest BCUT2D eigenvalue weighted by Gasteiger charge is -2.30. The van der Waals surface area contributed by atoms with E-state index < -0.39 is 12.0 Å². The summed E-state index contributed by atoms with van der Waals surface area (Å²) in [5.41, 5.74) is 1.80. The lowest BCUT2D eigenvalue weighted by Crippen LogP contribution is -2.45. The number of carbonyl (C=O) groups is 1. The van der Waals surface area contributed by atoms with E-state index in [1.54, 1.807) is 19.1 Å². The first-order valence-corrected chi connectivity index (χ1v) is 7.80. The summed E-state index contributed by atoms with van der Waals surface area (Å²) < 4.78 is 10.6. The van der Waals surface area contributed by atoms with Crippen LogP contribution in [0.1, 0.15) is 18.5 Å². The molecule has 0 saturated carbocycles. The van der Waals surface area contributed by atoms with Crippen LogP contribution in [0.5, 0.6) is 11.5 Å². The predicted molar refractivity (Wildman–Crippen MR) is 93.7 cm³/mol. The number of thiocarbonyl (C=S) groups is 1. The van der Waals surface area contributed by atoms with Crippen molar-refractivity contribution in [3.8, 4) is 11.5 Å². The summed E-state index contributed by atoms with van der Waals surface area (Å²) in [7, 11) is 2.80. The number of methoxy groups -OCH3 is 2. The van der Waals surface area contributed by atoms with E-state index in [9.17, 15) is 9.90 Å². The smallest absolute Gasteiger partial charge is 0.337 e. The number of ether oxygens (including phenoxy) is 2. The van der Waals surface area contributed by atoms with Crippen LogP contribution >= 0.6 is 34.8 Å². The Morgan fingerprint density at radius 3 is 2.68 bits per heavy atom.